The van der Waals surface area contributed by atoms with E-state index in [-0.39, 0.29) is 5.91 Å². The molecule has 2 aromatic rings. The molecule has 0 aliphatic rings. The van der Waals surface area contributed by atoms with Gasteiger partial charge in [-0.05, 0) is 31.0 Å². The number of halogens is 1. The van der Waals surface area contributed by atoms with E-state index < -0.39 is 0 Å². The normalized spacial score (nSPS) is 10.9. The second-order valence-electron chi connectivity index (χ2n) is 5.34. The van der Waals surface area contributed by atoms with Crippen LogP contribution in [0.2, 0.25) is 5.02 Å². The van der Waals surface area contributed by atoms with Gasteiger partial charge in [0.1, 0.15) is 0 Å². The van der Waals surface area contributed by atoms with Crippen LogP contribution >= 0.6 is 11.6 Å². The number of amides is 1. The Balaban J connectivity index is 2.29. The first-order valence-corrected chi connectivity index (χ1v) is 7.51. The van der Waals surface area contributed by atoms with Gasteiger partial charge in [0.15, 0.2) is 5.69 Å². The van der Waals surface area contributed by atoms with Crippen molar-refractivity contribution in [1.82, 2.24) is 15.1 Å². The summed E-state index contributed by atoms with van der Waals surface area (Å²) in [7, 11) is 0. The third kappa shape index (κ3) is 3.85. The van der Waals surface area contributed by atoms with Crippen LogP contribution in [0.5, 0.6) is 0 Å². The largest absolute Gasteiger partial charge is 0.350 e. The minimum atomic E-state index is -0.140. The molecule has 0 fully saturated rings. The molecule has 1 amide bonds. The first-order valence-electron chi connectivity index (χ1n) is 7.13. The highest BCUT2D eigenvalue weighted by molar-refractivity contribution is 6.30. The van der Waals surface area contributed by atoms with Crippen LogP contribution in [0.1, 0.15) is 31.3 Å². The van der Waals surface area contributed by atoms with Gasteiger partial charge in [-0.2, -0.15) is 5.10 Å². The lowest BCUT2D eigenvalue weighted by molar-refractivity contribution is 0.0943. The summed E-state index contributed by atoms with van der Waals surface area (Å²) in [6, 6.07) is 9.37. The van der Waals surface area contributed by atoms with Crippen LogP contribution < -0.4 is 5.32 Å². The number of aromatic nitrogens is 2. The van der Waals surface area contributed by atoms with E-state index in [2.05, 4.69) is 24.3 Å². The maximum absolute atomic E-state index is 12.1. The number of hydrogen-bond acceptors (Lipinski definition) is 2. The van der Waals surface area contributed by atoms with Crippen molar-refractivity contribution in [3.63, 3.8) is 0 Å². The average Bonchev–Trinajstić information content (AvgIpc) is 2.89. The molecular formula is C16H20ClN3O. The highest BCUT2D eigenvalue weighted by atomic mass is 35.5. The Labute approximate surface area is 130 Å². The number of rotatable bonds is 5. The van der Waals surface area contributed by atoms with Gasteiger partial charge in [0.2, 0.25) is 0 Å². The van der Waals surface area contributed by atoms with Gasteiger partial charge in [-0.25, -0.2) is 0 Å². The van der Waals surface area contributed by atoms with E-state index in [0.29, 0.717) is 29.7 Å². The molecule has 0 spiro atoms. The highest BCUT2D eigenvalue weighted by Crippen LogP contribution is 2.23. The molecule has 1 heterocycles. The quantitative estimate of drug-likeness (QED) is 0.917. The van der Waals surface area contributed by atoms with Crippen molar-refractivity contribution in [2.24, 2.45) is 5.92 Å². The third-order valence-electron chi connectivity index (χ3n) is 3.10. The van der Waals surface area contributed by atoms with Crippen LogP contribution in [-0.2, 0) is 6.54 Å². The number of carbonyl (C=O) groups is 1. The topological polar surface area (TPSA) is 46.9 Å². The number of aryl methyl sites for hydroxylation is 1. The second kappa shape index (κ2) is 6.76. The molecule has 1 aromatic carbocycles. The number of benzene rings is 1. The van der Waals surface area contributed by atoms with Crippen molar-refractivity contribution in [2.45, 2.75) is 27.3 Å². The number of carbonyl (C=O) groups excluding carboxylic acids is 1. The second-order valence-corrected chi connectivity index (χ2v) is 5.78. The van der Waals surface area contributed by atoms with E-state index in [1.165, 1.54) is 0 Å². The number of hydrogen-bond donors (Lipinski definition) is 1. The van der Waals surface area contributed by atoms with Gasteiger partial charge < -0.3 is 5.32 Å². The molecule has 0 saturated heterocycles. The minimum Gasteiger partial charge on any atom is -0.350 e. The van der Waals surface area contributed by atoms with Crippen molar-refractivity contribution in [3.8, 4) is 11.3 Å². The van der Waals surface area contributed by atoms with Crippen molar-refractivity contribution < 1.29 is 4.79 Å². The van der Waals surface area contributed by atoms with Crippen molar-refractivity contribution >= 4 is 17.5 Å². The van der Waals surface area contributed by atoms with Gasteiger partial charge in [0.25, 0.3) is 5.91 Å². The fourth-order valence-electron chi connectivity index (χ4n) is 2.04. The van der Waals surface area contributed by atoms with Crippen molar-refractivity contribution in [3.05, 3.63) is 41.0 Å². The van der Waals surface area contributed by atoms with E-state index in [1.807, 2.05) is 41.9 Å². The zero-order valence-corrected chi connectivity index (χ0v) is 13.3. The zero-order valence-electron chi connectivity index (χ0n) is 12.6. The lowest BCUT2D eigenvalue weighted by Crippen LogP contribution is -2.27. The first-order chi connectivity index (χ1) is 10.0. The summed E-state index contributed by atoms with van der Waals surface area (Å²) in [5, 5.41) is 7.93. The molecule has 0 aliphatic heterocycles. The highest BCUT2D eigenvalue weighted by Gasteiger charge is 2.15. The molecule has 2 rings (SSSR count). The molecule has 0 bridgehead atoms. The number of nitrogens with one attached hydrogen (secondary N) is 1. The van der Waals surface area contributed by atoms with Crippen LogP contribution in [0.4, 0.5) is 0 Å². The molecule has 0 aliphatic carbocycles. The van der Waals surface area contributed by atoms with Crippen molar-refractivity contribution in [1.29, 1.82) is 0 Å². The zero-order chi connectivity index (χ0) is 15.4. The lowest BCUT2D eigenvalue weighted by atomic mass is 10.1. The molecule has 4 nitrogen and oxygen atoms in total. The van der Waals surface area contributed by atoms with Crippen molar-refractivity contribution in [2.75, 3.05) is 6.54 Å². The molecule has 0 unspecified atom stereocenters. The Kier molecular flexibility index (Phi) is 5.02. The molecule has 1 N–H and O–H groups in total. The summed E-state index contributed by atoms with van der Waals surface area (Å²) in [6.07, 6.45) is 0. The Bertz CT molecular complexity index is 634. The fraction of sp³-hybridized carbons (Fsp3) is 0.375. The summed E-state index contributed by atoms with van der Waals surface area (Å²) < 4.78 is 1.82. The summed E-state index contributed by atoms with van der Waals surface area (Å²) in [5.74, 6) is 0.272. The maximum Gasteiger partial charge on any atom is 0.271 e. The number of nitrogens with zero attached hydrogens (tertiary/aromatic N) is 2. The van der Waals surface area contributed by atoms with Crippen LogP contribution in [0, 0.1) is 5.92 Å². The van der Waals surface area contributed by atoms with Gasteiger partial charge in [-0.3, -0.25) is 9.48 Å². The minimum absolute atomic E-state index is 0.140. The monoisotopic (exact) mass is 305 g/mol. The smallest absolute Gasteiger partial charge is 0.271 e. The third-order valence-corrected chi connectivity index (χ3v) is 3.34. The molecule has 0 radical (unpaired) electrons. The van der Waals surface area contributed by atoms with E-state index in [1.54, 1.807) is 0 Å². The summed E-state index contributed by atoms with van der Waals surface area (Å²) in [6.45, 7) is 7.45. The molecule has 1 aromatic heterocycles. The predicted octanol–water partition coefficient (Wildman–Crippen LogP) is 3.61. The van der Waals surface area contributed by atoms with Crippen LogP contribution in [0.3, 0.4) is 0 Å². The van der Waals surface area contributed by atoms with Gasteiger partial charge in [0, 0.05) is 23.7 Å². The van der Waals surface area contributed by atoms with E-state index >= 15 is 0 Å². The molecule has 21 heavy (non-hydrogen) atoms. The van der Waals surface area contributed by atoms with E-state index in [4.69, 9.17) is 11.6 Å². The Morgan fingerprint density at radius 1 is 1.38 bits per heavy atom. The van der Waals surface area contributed by atoms with Gasteiger partial charge in [-0.1, -0.05) is 37.6 Å². The van der Waals surface area contributed by atoms with Gasteiger partial charge >= 0.3 is 0 Å². The summed E-state index contributed by atoms with van der Waals surface area (Å²) in [4.78, 5) is 12.1. The lowest BCUT2D eigenvalue weighted by Gasteiger charge is -2.05. The van der Waals surface area contributed by atoms with E-state index in [0.717, 1.165) is 11.3 Å². The van der Waals surface area contributed by atoms with E-state index in [9.17, 15) is 4.79 Å². The summed E-state index contributed by atoms with van der Waals surface area (Å²) in [5.41, 5.74) is 2.29. The Hall–Kier alpha value is -1.81. The Morgan fingerprint density at radius 2 is 2.14 bits per heavy atom. The van der Waals surface area contributed by atoms with Crippen LogP contribution in [0.15, 0.2) is 30.3 Å². The van der Waals surface area contributed by atoms with Gasteiger partial charge in [-0.15, -0.1) is 0 Å². The van der Waals surface area contributed by atoms with Crippen LogP contribution in [0.25, 0.3) is 11.3 Å². The molecular weight excluding hydrogens is 286 g/mol. The van der Waals surface area contributed by atoms with Gasteiger partial charge in [0.05, 0.1) is 5.69 Å². The Morgan fingerprint density at radius 3 is 2.76 bits per heavy atom. The first kappa shape index (κ1) is 15.6. The molecule has 0 atom stereocenters. The average molecular weight is 306 g/mol. The maximum atomic E-state index is 12.1. The fourth-order valence-corrected chi connectivity index (χ4v) is 2.23. The molecule has 5 heteroatoms. The molecule has 112 valence electrons. The standard InChI is InChI=1S/C16H20ClN3O/c1-4-20-15(12-6-5-7-13(17)8-12)9-14(19-20)16(21)18-10-11(2)3/h5-9,11H,4,10H2,1-3H3,(H,18,21). The predicted molar refractivity (Wildman–Crippen MR) is 85.5 cm³/mol. The molecule has 0 saturated carbocycles. The van der Waals surface area contributed by atoms with Crippen LogP contribution in [-0.4, -0.2) is 22.2 Å². The summed E-state index contributed by atoms with van der Waals surface area (Å²) >= 11 is 6.04. The SMILES string of the molecule is CCn1nc(C(=O)NCC(C)C)cc1-c1cccc(Cl)c1.